The average molecular weight is 438 g/mol. The van der Waals surface area contributed by atoms with Crippen molar-refractivity contribution in [1.29, 1.82) is 0 Å². The molecule has 2 aromatic rings. The van der Waals surface area contributed by atoms with E-state index in [4.69, 9.17) is 23.2 Å². The monoisotopic (exact) mass is 437 g/mol. The first-order valence-electron chi connectivity index (χ1n) is 6.64. The molecule has 0 fully saturated rings. The van der Waals surface area contributed by atoms with E-state index in [1.165, 1.54) is 0 Å². The summed E-state index contributed by atoms with van der Waals surface area (Å²) in [6.45, 7) is 2.81. The van der Waals surface area contributed by atoms with E-state index in [2.05, 4.69) is 27.9 Å². The molecule has 2 rings (SSSR count). The number of rotatable bonds is 5. The Hall–Kier alpha value is -0.360. The van der Waals surface area contributed by atoms with Crippen LogP contribution in [0.5, 0.6) is 0 Å². The van der Waals surface area contributed by atoms with Crippen molar-refractivity contribution in [2.45, 2.75) is 19.4 Å². The Morgan fingerprint density at radius 1 is 1.24 bits per heavy atom. The Morgan fingerprint density at radius 3 is 2.71 bits per heavy atom. The summed E-state index contributed by atoms with van der Waals surface area (Å²) in [7, 11) is 0. The molecule has 21 heavy (non-hydrogen) atoms. The quantitative estimate of drug-likeness (QED) is 0.597. The molecule has 0 aliphatic carbocycles. The minimum absolute atomic E-state index is 0.00596. The van der Waals surface area contributed by atoms with Gasteiger partial charge in [-0.05, 0) is 70.9 Å². The number of hydrogen-bond acceptors (Lipinski definition) is 1. The van der Waals surface area contributed by atoms with Crippen LogP contribution in [0.3, 0.4) is 0 Å². The number of hydrogen-bond donors (Lipinski definition) is 1. The van der Waals surface area contributed by atoms with Crippen LogP contribution in [0.2, 0.25) is 10.0 Å². The zero-order chi connectivity index (χ0) is 15.4. The lowest BCUT2D eigenvalue weighted by atomic mass is 9.98. The van der Waals surface area contributed by atoms with Crippen LogP contribution in [0.25, 0.3) is 0 Å². The lowest BCUT2D eigenvalue weighted by Gasteiger charge is -2.20. The molecule has 0 bridgehead atoms. The van der Waals surface area contributed by atoms with Crippen molar-refractivity contribution in [3.05, 3.63) is 67.0 Å². The molecule has 0 aromatic heterocycles. The molecule has 1 unspecified atom stereocenters. The minimum Gasteiger partial charge on any atom is -0.310 e. The average Bonchev–Trinajstić information content (AvgIpc) is 2.46. The van der Waals surface area contributed by atoms with E-state index in [1.54, 1.807) is 18.2 Å². The summed E-state index contributed by atoms with van der Waals surface area (Å²) in [4.78, 5) is 0. The molecule has 1 atom stereocenters. The molecule has 1 N–H and O–H groups in total. The van der Waals surface area contributed by atoms with E-state index in [9.17, 15) is 4.39 Å². The van der Waals surface area contributed by atoms with Gasteiger partial charge < -0.3 is 5.32 Å². The molecule has 5 heteroatoms. The second-order valence-corrected chi connectivity index (χ2v) is 6.70. The Balaban J connectivity index is 2.35. The van der Waals surface area contributed by atoms with Crippen LogP contribution in [-0.2, 0) is 6.42 Å². The summed E-state index contributed by atoms with van der Waals surface area (Å²) in [5.74, 6) is -0.348. The van der Waals surface area contributed by atoms with Crippen LogP contribution >= 0.6 is 45.8 Å². The number of likely N-dealkylation sites (N-methyl/N-ethyl adjacent to an activating group) is 1. The SMILES string of the molecule is CCNC(Cc1cccc(Cl)c1F)c1cc(Cl)ccc1I. The first-order chi connectivity index (χ1) is 10.0. The van der Waals surface area contributed by atoms with Gasteiger partial charge in [-0.3, -0.25) is 0 Å². The third-order valence-electron chi connectivity index (χ3n) is 3.24. The van der Waals surface area contributed by atoms with E-state index in [1.807, 2.05) is 25.1 Å². The molecular formula is C16H15Cl2FIN. The molecule has 0 radical (unpaired) electrons. The van der Waals surface area contributed by atoms with Crippen LogP contribution in [-0.4, -0.2) is 6.54 Å². The highest BCUT2D eigenvalue weighted by Gasteiger charge is 2.17. The lowest BCUT2D eigenvalue weighted by Crippen LogP contribution is -2.24. The summed E-state index contributed by atoms with van der Waals surface area (Å²) in [6.07, 6.45) is 0.524. The molecule has 0 saturated carbocycles. The van der Waals surface area contributed by atoms with Gasteiger partial charge in [0, 0.05) is 14.6 Å². The molecule has 0 spiro atoms. The van der Waals surface area contributed by atoms with Crippen molar-refractivity contribution in [2.75, 3.05) is 6.54 Å². The fourth-order valence-electron chi connectivity index (χ4n) is 2.25. The van der Waals surface area contributed by atoms with Crippen molar-refractivity contribution in [2.24, 2.45) is 0 Å². The first-order valence-corrected chi connectivity index (χ1v) is 8.47. The molecule has 0 saturated heterocycles. The van der Waals surface area contributed by atoms with Crippen molar-refractivity contribution >= 4 is 45.8 Å². The molecule has 0 amide bonds. The molecule has 1 nitrogen and oxygen atoms in total. The highest BCUT2D eigenvalue weighted by Crippen LogP contribution is 2.28. The van der Waals surface area contributed by atoms with Gasteiger partial charge in [-0.1, -0.05) is 42.3 Å². The zero-order valence-corrected chi connectivity index (χ0v) is 15.1. The van der Waals surface area contributed by atoms with Gasteiger partial charge in [0.2, 0.25) is 0 Å². The summed E-state index contributed by atoms with van der Waals surface area (Å²) in [5.41, 5.74) is 1.67. The van der Waals surface area contributed by atoms with Gasteiger partial charge in [0.05, 0.1) is 5.02 Å². The predicted octanol–water partition coefficient (Wildman–Crippen LogP) is 5.63. The fraction of sp³-hybridized carbons (Fsp3) is 0.250. The van der Waals surface area contributed by atoms with Gasteiger partial charge in [-0.15, -0.1) is 0 Å². The third kappa shape index (κ3) is 4.31. The molecule has 0 aliphatic rings. The Morgan fingerprint density at radius 2 is 2.00 bits per heavy atom. The normalized spacial score (nSPS) is 12.4. The van der Waals surface area contributed by atoms with Gasteiger partial charge in [0.1, 0.15) is 5.82 Å². The Kier molecular flexibility index (Phi) is 6.29. The van der Waals surface area contributed by atoms with Crippen LogP contribution in [0.4, 0.5) is 4.39 Å². The van der Waals surface area contributed by atoms with Gasteiger partial charge in [0.25, 0.3) is 0 Å². The molecule has 0 heterocycles. The van der Waals surface area contributed by atoms with Crippen LogP contribution < -0.4 is 5.32 Å². The lowest BCUT2D eigenvalue weighted by molar-refractivity contribution is 0.526. The smallest absolute Gasteiger partial charge is 0.145 e. The molecule has 2 aromatic carbocycles. The topological polar surface area (TPSA) is 12.0 Å². The van der Waals surface area contributed by atoms with Crippen LogP contribution in [0.1, 0.15) is 24.1 Å². The summed E-state index contributed by atoms with van der Waals surface area (Å²) >= 11 is 14.2. The van der Waals surface area contributed by atoms with Crippen molar-refractivity contribution in [3.8, 4) is 0 Å². The highest BCUT2D eigenvalue weighted by molar-refractivity contribution is 14.1. The number of nitrogens with one attached hydrogen (secondary N) is 1. The van der Waals surface area contributed by atoms with Crippen molar-refractivity contribution in [1.82, 2.24) is 5.32 Å². The van der Waals surface area contributed by atoms with Crippen molar-refractivity contribution < 1.29 is 4.39 Å². The number of halogens is 4. The van der Waals surface area contributed by atoms with E-state index in [0.717, 1.165) is 15.7 Å². The maximum atomic E-state index is 14.1. The second-order valence-electron chi connectivity index (χ2n) is 4.69. The fourth-order valence-corrected chi connectivity index (χ4v) is 3.33. The minimum atomic E-state index is -0.348. The van der Waals surface area contributed by atoms with Gasteiger partial charge >= 0.3 is 0 Å². The van der Waals surface area contributed by atoms with Gasteiger partial charge in [-0.25, -0.2) is 4.39 Å². The maximum absolute atomic E-state index is 14.1. The van der Waals surface area contributed by atoms with E-state index < -0.39 is 0 Å². The second kappa shape index (κ2) is 7.77. The Bertz CT molecular complexity index is 634. The summed E-state index contributed by atoms with van der Waals surface area (Å²) in [6, 6.07) is 10.8. The van der Waals surface area contributed by atoms with Gasteiger partial charge in [0.15, 0.2) is 0 Å². The summed E-state index contributed by atoms with van der Waals surface area (Å²) < 4.78 is 15.2. The molecular weight excluding hydrogens is 423 g/mol. The van der Waals surface area contributed by atoms with Crippen LogP contribution in [0, 0.1) is 9.39 Å². The standard InChI is InChI=1S/C16H15Cl2FIN/c1-2-21-15(12-9-11(17)6-7-14(12)20)8-10-4-3-5-13(18)16(10)19/h3-7,9,15,21H,2,8H2,1H3. The maximum Gasteiger partial charge on any atom is 0.145 e. The van der Waals surface area contributed by atoms with E-state index >= 15 is 0 Å². The molecule has 0 aliphatic heterocycles. The largest absolute Gasteiger partial charge is 0.310 e. The predicted molar refractivity (Wildman–Crippen MR) is 95.7 cm³/mol. The molecule has 112 valence electrons. The highest BCUT2D eigenvalue weighted by atomic mass is 127. The number of benzene rings is 2. The van der Waals surface area contributed by atoms with Crippen molar-refractivity contribution in [3.63, 3.8) is 0 Å². The van der Waals surface area contributed by atoms with E-state index in [0.29, 0.717) is 17.0 Å². The van der Waals surface area contributed by atoms with Crippen LogP contribution in [0.15, 0.2) is 36.4 Å². The van der Waals surface area contributed by atoms with E-state index in [-0.39, 0.29) is 16.9 Å². The first kappa shape index (κ1) is 17.0. The van der Waals surface area contributed by atoms with Gasteiger partial charge in [-0.2, -0.15) is 0 Å². The third-order valence-corrected chi connectivity index (χ3v) is 4.75. The zero-order valence-electron chi connectivity index (χ0n) is 11.5. The Labute approximate surface area is 148 Å². The summed E-state index contributed by atoms with van der Waals surface area (Å²) in [5, 5.41) is 4.23.